The number of rotatable bonds is 27. The molecule has 0 fully saturated rings. The van der Waals surface area contributed by atoms with Gasteiger partial charge in [0.1, 0.15) is 0 Å². The third kappa shape index (κ3) is 24.5. The van der Waals surface area contributed by atoms with Crippen LogP contribution in [0.5, 0.6) is 0 Å². The predicted molar refractivity (Wildman–Crippen MR) is 151 cm³/mol. The van der Waals surface area contributed by atoms with Crippen LogP contribution >= 0.6 is 0 Å². The van der Waals surface area contributed by atoms with Gasteiger partial charge >= 0.3 is 0 Å². The topological polar surface area (TPSA) is 44.5 Å². The molecule has 2 N–H and O–H groups in total. The molecule has 0 aromatic rings. The normalized spacial score (nSPS) is 13.9. The molecule has 34 heavy (non-hydrogen) atoms. The van der Waals surface area contributed by atoms with E-state index in [1.807, 2.05) is 6.92 Å². The molecular weight excluding hydrogens is 418 g/mol. The second-order valence-electron chi connectivity index (χ2n) is 9.91. The zero-order valence-corrected chi connectivity index (χ0v) is 23.5. The summed E-state index contributed by atoms with van der Waals surface area (Å²) in [5.41, 5.74) is 6.32. The molecule has 0 unspecified atom stereocenters. The van der Waals surface area contributed by atoms with E-state index in [0.29, 0.717) is 19.6 Å². The fraction of sp³-hybridized carbons (Fsp3) is 0.871. The van der Waals surface area contributed by atoms with Gasteiger partial charge < -0.3 is 9.47 Å². The van der Waals surface area contributed by atoms with Crippen LogP contribution in [0.4, 0.5) is 0 Å². The third-order valence-electron chi connectivity index (χ3n) is 6.50. The van der Waals surface area contributed by atoms with Crippen molar-refractivity contribution in [3.63, 3.8) is 0 Å². The molecule has 0 aromatic carbocycles. The zero-order chi connectivity index (χ0) is 25.0. The van der Waals surface area contributed by atoms with Crippen LogP contribution in [0.3, 0.4) is 0 Å². The van der Waals surface area contributed by atoms with Crippen molar-refractivity contribution < 1.29 is 9.47 Å². The van der Waals surface area contributed by atoms with E-state index in [2.05, 4.69) is 38.2 Å². The van der Waals surface area contributed by atoms with Crippen LogP contribution in [0.25, 0.3) is 0 Å². The van der Waals surface area contributed by atoms with Gasteiger partial charge in [-0.2, -0.15) is 0 Å². The van der Waals surface area contributed by atoms with Gasteiger partial charge in [0.25, 0.3) is 0 Å². The first-order valence-corrected chi connectivity index (χ1v) is 15.0. The van der Waals surface area contributed by atoms with Crippen molar-refractivity contribution in [2.24, 2.45) is 5.73 Å². The van der Waals surface area contributed by atoms with Gasteiger partial charge in [-0.1, -0.05) is 122 Å². The Morgan fingerprint density at radius 2 is 0.794 bits per heavy atom. The summed E-state index contributed by atoms with van der Waals surface area (Å²) in [4.78, 5) is 0. The van der Waals surface area contributed by atoms with Gasteiger partial charge in [0.2, 0.25) is 5.91 Å². The average Bonchev–Trinajstić information content (AvgIpc) is 2.85. The molecule has 0 rings (SSSR count). The molecule has 3 heteroatoms. The molecule has 0 aliphatic rings. The van der Waals surface area contributed by atoms with E-state index in [0.717, 1.165) is 12.8 Å². The van der Waals surface area contributed by atoms with Crippen LogP contribution in [-0.2, 0) is 9.47 Å². The quantitative estimate of drug-likeness (QED) is 0.0724. The van der Waals surface area contributed by atoms with Crippen LogP contribution in [0.2, 0.25) is 0 Å². The molecule has 0 aliphatic carbocycles. The van der Waals surface area contributed by atoms with Crippen LogP contribution < -0.4 is 5.73 Å². The standard InChI is InChI=1S/C31H61NO2/c1-4-7-9-11-13-15-17-19-21-23-25-27-29-33-31(32,6-3)34-30-28-26-24-22-20-18-16-14-12-10-8-5-2/h11-14H,4-10,15-30,32H2,1-3H3. The fourth-order valence-electron chi connectivity index (χ4n) is 3.99. The second kappa shape index (κ2) is 27.0. The smallest absolute Gasteiger partial charge is 0.224 e. The lowest BCUT2D eigenvalue weighted by molar-refractivity contribution is -0.236. The average molecular weight is 480 g/mol. The third-order valence-corrected chi connectivity index (χ3v) is 6.50. The van der Waals surface area contributed by atoms with Crippen LogP contribution in [0.15, 0.2) is 24.3 Å². The molecule has 0 saturated heterocycles. The Morgan fingerprint density at radius 1 is 0.471 bits per heavy atom. The molecule has 3 nitrogen and oxygen atoms in total. The molecule has 0 spiro atoms. The molecule has 0 aliphatic heterocycles. The van der Waals surface area contributed by atoms with Crippen LogP contribution in [0, 0.1) is 0 Å². The van der Waals surface area contributed by atoms with Crippen molar-refractivity contribution in [3.8, 4) is 0 Å². The number of allylic oxidation sites excluding steroid dienone is 4. The van der Waals surface area contributed by atoms with Crippen LogP contribution in [0.1, 0.15) is 156 Å². The number of nitrogens with two attached hydrogens (primary N) is 1. The Labute approximate surface area is 214 Å². The minimum Gasteiger partial charge on any atom is -0.338 e. The Hall–Kier alpha value is -0.640. The molecule has 0 saturated carbocycles. The maximum absolute atomic E-state index is 6.32. The maximum atomic E-state index is 6.32. The number of ether oxygens (including phenoxy) is 2. The van der Waals surface area contributed by atoms with Crippen molar-refractivity contribution in [1.29, 1.82) is 0 Å². The van der Waals surface area contributed by atoms with Crippen molar-refractivity contribution in [1.82, 2.24) is 0 Å². The molecule has 0 radical (unpaired) electrons. The Balaban J connectivity index is 3.50. The lowest BCUT2D eigenvalue weighted by atomic mass is 10.1. The molecule has 0 bridgehead atoms. The van der Waals surface area contributed by atoms with Crippen molar-refractivity contribution in [2.75, 3.05) is 13.2 Å². The predicted octanol–water partition coefficient (Wildman–Crippen LogP) is 10.00. The summed E-state index contributed by atoms with van der Waals surface area (Å²) in [6.45, 7) is 7.96. The number of unbranched alkanes of at least 4 members (excludes halogenated alkanes) is 16. The monoisotopic (exact) mass is 479 g/mol. The lowest BCUT2D eigenvalue weighted by Crippen LogP contribution is -2.45. The van der Waals surface area contributed by atoms with E-state index in [1.165, 1.54) is 116 Å². The molecular formula is C31H61NO2. The van der Waals surface area contributed by atoms with E-state index in [4.69, 9.17) is 15.2 Å². The van der Waals surface area contributed by atoms with Gasteiger partial charge in [-0.05, 0) is 51.4 Å². The summed E-state index contributed by atoms with van der Waals surface area (Å²) in [6, 6.07) is 0. The lowest BCUT2D eigenvalue weighted by Gasteiger charge is -2.28. The summed E-state index contributed by atoms with van der Waals surface area (Å²) < 4.78 is 11.8. The summed E-state index contributed by atoms with van der Waals surface area (Å²) >= 11 is 0. The highest BCUT2D eigenvalue weighted by Gasteiger charge is 2.23. The SMILES string of the molecule is CCCCC=CCCCCCCCCOC(N)(CC)OCCCCCCCCC=CCCCC. The highest BCUT2D eigenvalue weighted by molar-refractivity contribution is 4.81. The van der Waals surface area contributed by atoms with Gasteiger partial charge in [-0.25, -0.2) is 0 Å². The largest absolute Gasteiger partial charge is 0.338 e. The second-order valence-corrected chi connectivity index (χ2v) is 9.91. The first-order chi connectivity index (χ1) is 16.7. The summed E-state index contributed by atoms with van der Waals surface area (Å²) in [7, 11) is 0. The molecule has 0 amide bonds. The van der Waals surface area contributed by atoms with E-state index in [-0.39, 0.29) is 0 Å². The molecule has 202 valence electrons. The first kappa shape index (κ1) is 33.4. The van der Waals surface area contributed by atoms with Crippen molar-refractivity contribution >= 4 is 0 Å². The van der Waals surface area contributed by atoms with Gasteiger partial charge in [-0.3, -0.25) is 5.73 Å². The summed E-state index contributed by atoms with van der Waals surface area (Å²) in [5, 5.41) is 0. The van der Waals surface area contributed by atoms with Gasteiger partial charge in [0.15, 0.2) is 0 Å². The van der Waals surface area contributed by atoms with Crippen LogP contribution in [-0.4, -0.2) is 19.1 Å². The van der Waals surface area contributed by atoms with Gasteiger partial charge in [-0.15, -0.1) is 0 Å². The highest BCUT2D eigenvalue weighted by Crippen LogP contribution is 2.15. The Morgan fingerprint density at radius 3 is 1.15 bits per heavy atom. The zero-order valence-electron chi connectivity index (χ0n) is 23.5. The number of hydrogen-bond donors (Lipinski definition) is 1. The minimum absolute atomic E-state index is 0.699. The molecule has 0 atom stereocenters. The Kier molecular flexibility index (Phi) is 26.4. The van der Waals surface area contributed by atoms with Crippen molar-refractivity contribution in [3.05, 3.63) is 24.3 Å². The van der Waals surface area contributed by atoms with Gasteiger partial charge in [0, 0.05) is 6.42 Å². The highest BCUT2D eigenvalue weighted by atomic mass is 16.7. The summed E-state index contributed by atoms with van der Waals surface area (Å²) in [5.74, 6) is -0.895. The van der Waals surface area contributed by atoms with E-state index in [9.17, 15) is 0 Å². The Bertz CT molecular complexity index is 411. The summed E-state index contributed by atoms with van der Waals surface area (Å²) in [6.07, 6.45) is 35.5. The van der Waals surface area contributed by atoms with E-state index in [1.54, 1.807) is 0 Å². The number of hydrogen-bond acceptors (Lipinski definition) is 3. The maximum Gasteiger partial charge on any atom is 0.224 e. The first-order valence-electron chi connectivity index (χ1n) is 15.0. The van der Waals surface area contributed by atoms with E-state index < -0.39 is 5.91 Å². The minimum atomic E-state index is -0.895. The van der Waals surface area contributed by atoms with E-state index >= 15 is 0 Å². The van der Waals surface area contributed by atoms with Crippen molar-refractivity contribution in [2.45, 2.75) is 162 Å². The molecule has 0 aromatic heterocycles. The fourth-order valence-corrected chi connectivity index (χ4v) is 3.99. The molecule has 0 heterocycles. The van der Waals surface area contributed by atoms with Gasteiger partial charge in [0.05, 0.1) is 13.2 Å².